The Bertz CT molecular complexity index is 372. The highest BCUT2D eigenvalue weighted by atomic mass is 35.6. The molecule has 0 atom stereocenters. The number of hydrogen-bond acceptors (Lipinski definition) is 0. The van der Waals surface area contributed by atoms with Gasteiger partial charge in [0, 0.05) is 0 Å². The van der Waals surface area contributed by atoms with Crippen molar-refractivity contribution in [1.82, 2.24) is 0 Å². The highest BCUT2D eigenvalue weighted by Crippen LogP contribution is 2.52. The molecule has 1 radical (unpaired) electrons. The first-order chi connectivity index (χ1) is 7.79. The number of benzene rings is 1. The predicted molar refractivity (Wildman–Crippen MR) is 74.0 cm³/mol. The number of alkyl halides is 5. The molecule has 0 bridgehead atoms. The smallest absolute Gasteiger partial charge is 0.227 e. The average Bonchev–Trinajstić information content (AvgIpc) is 2.25. The minimum atomic E-state index is -1.83. The number of halogens is 5. The molecule has 0 saturated heterocycles. The standard InChI is InChI=1S/C11H10Cl5O/c12-10(13,11(14,15)16)9-5-1-3-8(7-9)4-2-6-17/h1,3,5,7H,2,4,6H2. The van der Waals surface area contributed by atoms with Crippen molar-refractivity contribution >= 4 is 58.0 Å². The van der Waals surface area contributed by atoms with E-state index in [0.717, 1.165) is 5.56 Å². The van der Waals surface area contributed by atoms with E-state index in [-0.39, 0.29) is 6.61 Å². The zero-order chi connectivity index (χ0) is 13.1. The van der Waals surface area contributed by atoms with Crippen LogP contribution in [0, 0.1) is 0 Å². The van der Waals surface area contributed by atoms with Crippen molar-refractivity contribution in [3.8, 4) is 0 Å². The molecule has 0 N–H and O–H groups in total. The predicted octanol–water partition coefficient (Wildman–Crippen LogP) is 5.05. The van der Waals surface area contributed by atoms with Crippen LogP contribution in [0.5, 0.6) is 0 Å². The van der Waals surface area contributed by atoms with Crippen LogP contribution in [0.25, 0.3) is 0 Å². The lowest BCUT2D eigenvalue weighted by atomic mass is 10.0. The van der Waals surface area contributed by atoms with Crippen molar-refractivity contribution in [2.75, 3.05) is 6.61 Å². The van der Waals surface area contributed by atoms with Crippen LogP contribution in [0.15, 0.2) is 24.3 Å². The van der Waals surface area contributed by atoms with Gasteiger partial charge in [-0.05, 0) is 24.0 Å². The third-order valence-corrected chi connectivity index (χ3v) is 4.69. The van der Waals surface area contributed by atoms with Crippen molar-refractivity contribution in [2.45, 2.75) is 21.0 Å². The summed E-state index contributed by atoms with van der Waals surface area (Å²) in [6.45, 7) is -0.123. The Labute approximate surface area is 126 Å². The summed E-state index contributed by atoms with van der Waals surface area (Å²) < 4.78 is -3.45. The molecule has 0 spiro atoms. The second-order valence-electron chi connectivity index (χ2n) is 3.58. The molecule has 0 aliphatic carbocycles. The quantitative estimate of drug-likeness (QED) is 0.686. The van der Waals surface area contributed by atoms with E-state index >= 15 is 0 Å². The Morgan fingerprint density at radius 3 is 2.24 bits per heavy atom. The summed E-state index contributed by atoms with van der Waals surface area (Å²) in [5.41, 5.74) is 1.45. The van der Waals surface area contributed by atoms with Gasteiger partial charge in [0.05, 0.1) is 6.61 Å². The van der Waals surface area contributed by atoms with E-state index in [9.17, 15) is 5.11 Å². The molecule has 17 heavy (non-hydrogen) atoms. The van der Waals surface area contributed by atoms with Gasteiger partial charge in [0.1, 0.15) is 0 Å². The molecule has 0 amide bonds. The third-order valence-electron chi connectivity index (χ3n) is 2.26. The lowest BCUT2D eigenvalue weighted by molar-refractivity contribution is 0.189. The van der Waals surface area contributed by atoms with Gasteiger partial charge in [0.25, 0.3) is 0 Å². The Kier molecular flexibility index (Phi) is 5.71. The molecule has 1 aromatic rings. The van der Waals surface area contributed by atoms with Crippen LogP contribution >= 0.6 is 58.0 Å². The van der Waals surface area contributed by atoms with E-state index in [4.69, 9.17) is 58.0 Å². The van der Waals surface area contributed by atoms with Gasteiger partial charge in [-0.3, -0.25) is 0 Å². The third kappa shape index (κ3) is 4.05. The SMILES string of the molecule is [O]CCCc1cccc(C(Cl)(Cl)C(Cl)(Cl)Cl)c1. The van der Waals surface area contributed by atoms with Crippen molar-refractivity contribution < 1.29 is 5.11 Å². The zero-order valence-corrected chi connectivity index (χ0v) is 12.5. The van der Waals surface area contributed by atoms with E-state index < -0.39 is 8.13 Å². The van der Waals surface area contributed by atoms with Crippen LogP contribution in [-0.4, -0.2) is 10.4 Å². The molecule has 0 aliphatic rings. The summed E-state index contributed by atoms with van der Waals surface area (Å²) in [5, 5.41) is 10.4. The number of hydrogen-bond donors (Lipinski definition) is 0. The second kappa shape index (κ2) is 6.18. The lowest BCUT2D eigenvalue weighted by Crippen LogP contribution is -2.28. The molecule has 0 heterocycles. The monoisotopic (exact) mass is 333 g/mol. The molecule has 0 aliphatic heterocycles. The molecule has 1 rings (SSSR count). The van der Waals surface area contributed by atoms with Crippen molar-refractivity contribution in [3.63, 3.8) is 0 Å². The first-order valence-electron chi connectivity index (χ1n) is 4.91. The average molecular weight is 335 g/mol. The Balaban J connectivity index is 2.99. The summed E-state index contributed by atoms with van der Waals surface area (Å²) in [6, 6.07) is 7.08. The molecule has 0 aromatic heterocycles. The van der Waals surface area contributed by atoms with E-state index in [1.165, 1.54) is 0 Å². The molecule has 0 saturated carbocycles. The summed E-state index contributed by atoms with van der Waals surface area (Å²) in [6.07, 6.45) is 1.20. The Morgan fingerprint density at radius 2 is 1.71 bits per heavy atom. The normalized spacial score (nSPS) is 12.8. The molecule has 1 nitrogen and oxygen atoms in total. The minimum absolute atomic E-state index is 0.123. The summed E-state index contributed by atoms with van der Waals surface area (Å²) in [7, 11) is 0. The van der Waals surface area contributed by atoms with Gasteiger partial charge in [-0.2, -0.15) is 0 Å². The van der Waals surface area contributed by atoms with Crippen molar-refractivity contribution in [1.29, 1.82) is 0 Å². The minimum Gasteiger partial charge on any atom is -0.237 e. The van der Waals surface area contributed by atoms with Gasteiger partial charge >= 0.3 is 0 Å². The second-order valence-corrected chi connectivity index (χ2v) is 7.19. The first kappa shape index (κ1) is 15.7. The molecule has 95 valence electrons. The Morgan fingerprint density at radius 1 is 1.06 bits per heavy atom. The van der Waals surface area contributed by atoms with E-state index in [1.807, 2.05) is 6.07 Å². The summed E-state index contributed by atoms with van der Waals surface area (Å²) >= 11 is 29.3. The fourth-order valence-electron chi connectivity index (χ4n) is 1.36. The van der Waals surface area contributed by atoms with E-state index in [2.05, 4.69) is 0 Å². The molecule has 0 fully saturated rings. The Hall–Kier alpha value is 0.630. The van der Waals surface area contributed by atoms with Gasteiger partial charge in [0.15, 0.2) is 4.33 Å². The number of aryl methyl sites for hydroxylation is 1. The molecule has 1 aromatic carbocycles. The van der Waals surface area contributed by atoms with Crippen LogP contribution in [0.4, 0.5) is 0 Å². The highest BCUT2D eigenvalue weighted by Gasteiger charge is 2.47. The van der Waals surface area contributed by atoms with Crippen molar-refractivity contribution in [2.24, 2.45) is 0 Å². The first-order valence-corrected chi connectivity index (χ1v) is 6.80. The molecular formula is C11H10Cl5O. The van der Waals surface area contributed by atoms with Gasteiger partial charge < -0.3 is 0 Å². The zero-order valence-electron chi connectivity index (χ0n) is 8.73. The van der Waals surface area contributed by atoms with E-state index in [0.29, 0.717) is 18.4 Å². The van der Waals surface area contributed by atoms with Crippen LogP contribution in [0.3, 0.4) is 0 Å². The van der Waals surface area contributed by atoms with Gasteiger partial charge in [-0.25, -0.2) is 5.11 Å². The van der Waals surface area contributed by atoms with Crippen LogP contribution < -0.4 is 0 Å². The van der Waals surface area contributed by atoms with Crippen LogP contribution in [-0.2, 0) is 15.9 Å². The van der Waals surface area contributed by atoms with Crippen LogP contribution in [0.2, 0.25) is 0 Å². The van der Waals surface area contributed by atoms with Crippen LogP contribution in [0.1, 0.15) is 17.5 Å². The van der Waals surface area contributed by atoms with Gasteiger partial charge in [-0.1, -0.05) is 82.3 Å². The maximum Gasteiger partial charge on any atom is 0.227 e. The summed E-state index contributed by atoms with van der Waals surface area (Å²) in [4.78, 5) is 0. The summed E-state index contributed by atoms with van der Waals surface area (Å²) in [5.74, 6) is 0. The van der Waals surface area contributed by atoms with E-state index in [1.54, 1.807) is 18.2 Å². The topological polar surface area (TPSA) is 19.9 Å². The van der Waals surface area contributed by atoms with Gasteiger partial charge in [-0.15, -0.1) is 0 Å². The molecule has 6 heteroatoms. The molecule has 0 unspecified atom stereocenters. The molecular weight excluding hydrogens is 325 g/mol. The largest absolute Gasteiger partial charge is 0.237 e. The fraction of sp³-hybridized carbons (Fsp3) is 0.455. The maximum absolute atomic E-state index is 10.4. The van der Waals surface area contributed by atoms with Crippen molar-refractivity contribution in [3.05, 3.63) is 35.4 Å². The van der Waals surface area contributed by atoms with Gasteiger partial charge in [0.2, 0.25) is 3.79 Å². The lowest BCUT2D eigenvalue weighted by Gasteiger charge is -2.28. The maximum atomic E-state index is 10.4. The number of rotatable bonds is 4. The highest BCUT2D eigenvalue weighted by molar-refractivity contribution is 6.75. The fourth-order valence-corrected chi connectivity index (χ4v) is 1.92.